The Labute approximate surface area is 135 Å². The summed E-state index contributed by atoms with van der Waals surface area (Å²) in [7, 11) is 1.52. The molecule has 0 heterocycles. The van der Waals surface area contributed by atoms with Crippen LogP contribution in [0.5, 0.6) is 5.75 Å². The summed E-state index contributed by atoms with van der Waals surface area (Å²) in [4.78, 5) is 0. The van der Waals surface area contributed by atoms with Gasteiger partial charge in [0.1, 0.15) is 5.82 Å². The highest BCUT2D eigenvalue weighted by molar-refractivity contribution is 9.10. The van der Waals surface area contributed by atoms with Crippen LogP contribution in [0.4, 0.5) is 4.39 Å². The molecule has 2 aromatic carbocycles. The number of hydrogen-bond donors (Lipinski definition) is 0. The second kappa shape index (κ2) is 6.75. The van der Waals surface area contributed by atoms with Crippen molar-refractivity contribution in [1.29, 1.82) is 5.26 Å². The van der Waals surface area contributed by atoms with Crippen molar-refractivity contribution in [2.24, 2.45) is 0 Å². The van der Waals surface area contributed by atoms with Crippen molar-refractivity contribution in [3.8, 4) is 11.8 Å². The molecule has 0 fully saturated rings. The number of halogens is 3. The predicted molar refractivity (Wildman–Crippen MR) is 85.6 cm³/mol. The van der Waals surface area contributed by atoms with Crippen LogP contribution in [0, 0.1) is 17.1 Å². The number of allylic oxidation sites excluding steroid dienone is 1. The Morgan fingerprint density at radius 3 is 2.67 bits per heavy atom. The summed E-state index contributed by atoms with van der Waals surface area (Å²) in [6.07, 6.45) is 1.58. The average Bonchev–Trinajstić information content (AvgIpc) is 2.45. The van der Waals surface area contributed by atoms with Gasteiger partial charge in [-0.25, -0.2) is 4.39 Å². The van der Waals surface area contributed by atoms with E-state index in [4.69, 9.17) is 16.3 Å². The molecule has 0 aromatic heterocycles. The third kappa shape index (κ3) is 3.44. The molecule has 0 bridgehead atoms. The van der Waals surface area contributed by atoms with Crippen molar-refractivity contribution >= 4 is 39.2 Å². The maximum Gasteiger partial charge on any atom is 0.151 e. The number of ether oxygens (including phenoxy) is 1. The summed E-state index contributed by atoms with van der Waals surface area (Å²) in [5.74, 6) is 0.0715. The van der Waals surface area contributed by atoms with E-state index in [1.54, 1.807) is 36.4 Å². The molecular formula is C16H10BrClFNO. The van der Waals surface area contributed by atoms with Gasteiger partial charge in [-0.3, -0.25) is 0 Å². The number of benzene rings is 2. The summed E-state index contributed by atoms with van der Waals surface area (Å²) in [5.41, 5.74) is 1.15. The van der Waals surface area contributed by atoms with Gasteiger partial charge in [0.2, 0.25) is 0 Å². The minimum atomic E-state index is -0.441. The van der Waals surface area contributed by atoms with Crippen LogP contribution in [0.2, 0.25) is 5.02 Å². The average molecular weight is 367 g/mol. The molecule has 0 aliphatic heterocycles. The normalized spacial score (nSPS) is 11.1. The van der Waals surface area contributed by atoms with E-state index < -0.39 is 5.82 Å². The maximum atomic E-state index is 13.8. The first kappa shape index (κ1) is 15.6. The van der Waals surface area contributed by atoms with Crippen LogP contribution in [0.15, 0.2) is 40.9 Å². The zero-order chi connectivity index (χ0) is 15.4. The molecule has 0 saturated carbocycles. The Morgan fingerprint density at radius 1 is 1.38 bits per heavy atom. The van der Waals surface area contributed by atoms with Crippen LogP contribution < -0.4 is 4.74 Å². The number of rotatable bonds is 3. The monoisotopic (exact) mass is 365 g/mol. The van der Waals surface area contributed by atoms with Crippen LogP contribution in [-0.4, -0.2) is 7.11 Å². The molecule has 2 aromatic rings. The third-order valence-corrected chi connectivity index (χ3v) is 3.69. The summed E-state index contributed by atoms with van der Waals surface area (Å²) >= 11 is 9.44. The molecule has 5 heteroatoms. The summed E-state index contributed by atoms with van der Waals surface area (Å²) in [5, 5.41) is 9.66. The molecule has 0 radical (unpaired) electrons. The van der Waals surface area contributed by atoms with Crippen molar-refractivity contribution in [3.63, 3.8) is 0 Å². The molecule has 0 aliphatic carbocycles. The number of nitriles is 1. The van der Waals surface area contributed by atoms with Gasteiger partial charge in [-0.15, -0.1) is 0 Å². The van der Waals surface area contributed by atoms with Crippen molar-refractivity contribution < 1.29 is 9.13 Å². The highest BCUT2D eigenvalue weighted by Gasteiger charge is 2.10. The lowest BCUT2D eigenvalue weighted by atomic mass is 10.0. The number of hydrogen-bond acceptors (Lipinski definition) is 2. The van der Waals surface area contributed by atoms with E-state index in [2.05, 4.69) is 15.9 Å². The molecule has 0 N–H and O–H groups in total. The number of nitrogens with zero attached hydrogens (tertiary/aromatic N) is 1. The van der Waals surface area contributed by atoms with E-state index in [9.17, 15) is 9.65 Å². The summed E-state index contributed by atoms with van der Waals surface area (Å²) in [6.45, 7) is 0. The fraction of sp³-hybridized carbons (Fsp3) is 0.0625. The van der Waals surface area contributed by atoms with Gasteiger partial charge in [0.15, 0.2) is 5.75 Å². The largest absolute Gasteiger partial charge is 0.494 e. The first-order chi connectivity index (χ1) is 10.1. The van der Waals surface area contributed by atoms with Gasteiger partial charge in [0, 0.05) is 5.56 Å². The van der Waals surface area contributed by atoms with E-state index in [0.29, 0.717) is 20.8 Å². The molecule has 0 spiro atoms. The summed E-state index contributed by atoms with van der Waals surface area (Å²) in [6, 6.07) is 11.6. The Morgan fingerprint density at radius 2 is 2.10 bits per heavy atom. The SMILES string of the molecule is COc1c(Cl)cc(C=C(C#N)c2ccccc2F)cc1Br. The minimum Gasteiger partial charge on any atom is -0.494 e. The zero-order valence-electron chi connectivity index (χ0n) is 11.0. The molecular weight excluding hydrogens is 357 g/mol. The van der Waals surface area contributed by atoms with E-state index in [-0.39, 0.29) is 11.1 Å². The first-order valence-electron chi connectivity index (χ1n) is 5.96. The molecule has 21 heavy (non-hydrogen) atoms. The quantitative estimate of drug-likeness (QED) is 0.544. The van der Waals surface area contributed by atoms with E-state index >= 15 is 0 Å². The highest BCUT2D eigenvalue weighted by atomic mass is 79.9. The van der Waals surface area contributed by atoms with E-state index in [0.717, 1.165) is 0 Å². The lowest BCUT2D eigenvalue weighted by Crippen LogP contribution is -1.89. The van der Waals surface area contributed by atoms with Gasteiger partial charge < -0.3 is 4.74 Å². The van der Waals surface area contributed by atoms with Crippen molar-refractivity contribution in [3.05, 3.63) is 62.8 Å². The Bertz CT molecular complexity index is 729. The van der Waals surface area contributed by atoms with Crippen LogP contribution in [-0.2, 0) is 0 Å². The zero-order valence-corrected chi connectivity index (χ0v) is 13.4. The Balaban J connectivity index is 2.52. The van der Waals surface area contributed by atoms with Crippen LogP contribution >= 0.6 is 27.5 Å². The number of methoxy groups -OCH3 is 1. The molecule has 106 valence electrons. The fourth-order valence-electron chi connectivity index (χ4n) is 1.87. The van der Waals surface area contributed by atoms with Crippen molar-refractivity contribution in [2.45, 2.75) is 0 Å². The van der Waals surface area contributed by atoms with Gasteiger partial charge in [0.25, 0.3) is 0 Å². The maximum absolute atomic E-state index is 13.8. The minimum absolute atomic E-state index is 0.223. The van der Waals surface area contributed by atoms with E-state index in [1.807, 2.05) is 6.07 Å². The highest BCUT2D eigenvalue weighted by Crippen LogP contribution is 2.35. The van der Waals surface area contributed by atoms with Crippen molar-refractivity contribution in [2.75, 3.05) is 7.11 Å². The van der Waals surface area contributed by atoms with E-state index in [1.165, 1.54) is 13.2 Å². The van der Waals surface area contributed by atoms with Crippen molar-refractivity contribution in [1.82, 2.24) is 0 Å². The molecule has 2 nitrogen and oxygen atoms in total. The standard InChI is InChI=1S/C16H10BrClFNO/c1-21-16-13(17)7-10(8-14(16)18)6-11(9-20)12-4-2-3-5-15(12)19/h2-8H,1H3. The fourth-order valence-corrected chi connectivity index (χ4v) is 2.93. The van der Waals surface area contributed by atoms with Gasteiger partial charge in [-0.1, -0.05) is 29.8 Å². The van der Waals surface area contributed by atoms with Gasteiger partial charge in [0.05, 0.1) is 28.2 Å². The second-order valence-electron chi connectivity index (χ2n) is 4.17. The molecule has 0 atom stereocenters. The molecule has 0 amide bonds. The van der Waals surface area contributed by atoms with Crippen LogP contribution in [0.1, 0.15) is 11.1 Å². The van der Waals surface area contributed by atoms with Gasteiger partial charge >= 0.3 is 0 Å². The Kier molecular flexibility index (Phi) is 5.00. The Hall–Kier alpha value is -1.83. The molecule has 0 unspecified atom stereocenters. The van der Waals surface area contributed by atoms with Crippen LogP contribution in [0.25, 0.3) is 11.6 Å². The molecule has 0 saturated heterocycles. The molecule has 2 rings (SSSR count). The van der Waals surface area contributed by atoms with Gasteiger partial charge in [-0.2, -0.15) is 5.26 Å². The van der Waals surface area contributed by atoms with Crippen LogP contribution in [0.3, 0.4) is 0 Å². The lowest BCUT2D eigenvalue weighted by molar-refractivity contribution is 0.412. The first-order valence-corrected chi connectivity index (χ1v) is 7.13. The predicted octanol–water partition coefficient (Wildman–Crippen LogP) is 5.31. The smallest absolute Gasteiger partial charge is 0.151 e. The molecule has 0 aliphatic rings. The summed E-state index contributed by atoms with van der Waals surface area (Å²) < 4.78 is 19.6. The third-order valence-electron chi connectivity index (χ3n) is 2.82. The topological polar surface area (TPSA) is 33.0 Å². The lowest BCUT2D eigenvalue weighted by Gasteiger charge is -2.07. The van der Waals surface area contributed by atoms with Gasteiger partial charge in [-0.05, 0) is 45.8 Å². The second-order valence-corrected chi connectivity index (χ2v) is 5.43.